The molecule has 2 N–H and O–H groups in total. The molecule has 0 saturated carbocycles. The zero-order chi connectivity index (χ0) is 12.7. The van der Waals surface area contributed by atoms with Gasteiger partial charge < -0.3 is 15.4 Å². The van der Waals surface area contributed by atoms with Crippen LogP contribution in [0.5, 0.6) is 0 Å². The number of nitrogens with one attached hydrogen (secondary N) is 2. The number of anilines is 2. The minimum absolute atomic E-state index is 0.265. The lowest BCUT2D eigenvalue weighted by Crippen LogP contribution is -2.14. The monoisotopic (exact) mass is 238 g/mol. The zero-order valence-electron chi connectivity index (χ0n) is 11.1. The first-order valence-corrected chi connectivity index (χ1v) is 6.07. The Morgan fingerprint density at radius 3 is 2.71 bits per heavy atom. The molecule has 0 aromatic carbocycles. The van der Waals surface area contributed by atoms with E-state index in [4.69, 9.17) is 4.74 Å². The molecule has 17 heavy (non-hydrogen) atoms. The summed E-state index contributed by atoms with van der Waals surface area (Å²) >= 11 is 0. The van der Waals surface area contributed by atoms with Gasteiger partial charge in [0.2, 0.25) is 5.95 Å². The highest BCUT2D eigenvalue weighted by Gasteiger charge is 2.01. The number of ether oxygens (including phenoxy) is 1. The second-order valence-electron chi connectivity index (χ2n) is 4.09. The Kier molecular flexibility index (Phi) is 5.69. The van der Waals surface area contributed by atoms with Crippen molar-refractivity contribution in [2.24, 2.45) is 0 Å². The Bertz CT molecular complexity index is 341. The fraction of sp³-hybridized carbons (Fsp3) is 0.667. The van der Waals surface area contributed by atoms with Crippen molar-refractivity contribution in [3.63, 3.8) is 0 Å². The summed E-state index contributed by atoms with van der Waals surface area (Å²) in [5, 5.41) is 6.33. The summed E-state index contributed by atoms with van der Waals surface area (Å²) in [6.07, 6.45) is 0.265. The number of aryl methyl sites for hydroxylation is 1. The van der Waals surface area contributed by atoms with E-state index in [0.717, 1.165) is 24.6 Å². The lowest BCUT2D eigenvalue weighted by Gasteiger charge is -2.10. The molecule has 0 bridgehead atoms. The van der Waals surface area contributed by atoms with E-state index in [-0.39, 0.29) is 6.10 Å². The molecular formula is C12H22N4O. The van der Waals surface area contributed by atoms with Crippen LogP contribution in [0.15, 0.2) is 6.07 Å². The fourth-order valence-electron chi connectivity index (χ4n) is 1.37. The molecule has 1 aromatic rings. The summed E-state index contributed by atoms with van der Waals surface area (Å²) in [6, 6.07) is 1.93. The number of rotatable bonds is 7. The Morgan fingerprint density at radius 2 is 2.06 bits per heavy atom. The van der Waals surface area contributed by atoms with Crippen molar-refractivity contribution in [2.45, 2.75) is 33.8 Å². The van der Waals surface area contributed by atoms with Crippen LogP contribution in [0, 0.1) is 6.92 Å². The van der Waals surface area contributed by atoms with Gasteiger partial charge in [-0.2, -0.15) is 4.98 Å². The van der Waals surface area contributed by atoms with Gasteiger partial charge in [0.05, 0.1) is 12.7 Å². The maximum atomic E-state index is 5.45. The summed E-state index contributed by atoms with van der Waals surface area (Å²) in [4.78, 5) is 8.64. The van der Waals surface area contributed by atoms with Gasteiger partial charge in [-0.05, 0) is 27.7 Å². The van der Waals surface area contributed by atoms with E-state index in [1.54, 1.807) is 0 Å². The van der Waals surface area contributed by atoms with E-state index in [1.165, 1.54) is 0 Å². The largest absolute Gasteiger partial charge is 0.377 e. The molecule has 96 valence electrons. The van der Waals surface area contributed by atoms with Crippen molar-refractivity contribution in [1.29, 1.82) is 0 Å². The second-order valence-corrected chi connectivity index (χ2v) is 4.09. The van der Waals surface area contributed by atoms with Gasteiger partial charge in [-0.15, -0.1) is 0 Å². The van der Waals surface area contributed by atoms with Crippen LogP contribution < -0.4 is 10.6 Å². The van der Waals surface area contributed by atoms with E-state index in [9.17, 15) is 0 Å². The zero-order valence-corrected chi connectivity index (χ0v) is 11.1. The average Bonchev–Trinajstić information content (AvgIpc) is 2.24. The molecule has 1 heterocycles. The smallest absolute Gasteiger partial charge is 0.224 e. The molecule has 0 spiro atoms. The first-order valence-electron chi connectivity index (χ1n) is 6.07. The van der Waals surface area contributed by atoms with Crippen LogP contribution in [-0.4, -0.2) is 35.8 Å². The van der Waals surface area contributed by atoms with Crippen LogP contribution in [0.25, 0.3) is 0 Å². The fourth-order valence-corrected chi connectivity index (χ4v) is 1.37. The Balaban J connectivity index is 2.46. The first kappa shape index (κ1) is 13.7. The number of hydrogen-bond donors (Lipinski definition) is 2. The van der Waals surface area contributed by atoms with E-state index < -0.39 is 0 Å². The molecule has 0 fully saturated rings. The van der Waals surface area contributed by atoms with Gasteiger partial charge in [0.25, 0.3) is 0 Å². The van der Waals surface area contributed by atoms with Crippen molar-refractivity contribution in [3.8, 4) is 0 Å². The molecule has 0 aliphatic heterocycles. The second kappa shape index (κ2) is 7.06. The SMILES string of the molecule is CCNc1nc(C)cc(NCCOC(C)C)n1. The highest BCUT2D eigenvalue weighted by Crippen LogP contribution is 2.08. The molecule has 1 aromatic heterocycles. The molecule has 0 atom stereocenters. The molecule has 0 amide bonds. The summed E-state index contributed by atoms with van der Waals surface area (Å²) in [5.74, 6) is 1.50. The third kappa shape index (κ3) is 5.49. The molecule has 0 aliphatic carbocycles. The number of hydrogen-bond acceptors (Lipinski definition) is 5. The summed E-state index contributed by atoms with van der Waals surface area (Å²) in [7, 11) is 0. The quantitative estimate of drug-likeness (QED) is 0.712. The van der Waals surface area contributed by atoms with Gasteiger partial charge in [-0.1, -0.05) is 0 Å². The van der Waals surface area contributed by atoms with Gasteiger partial charge in [0.1, 0.15) is 5.82 Å². The third-order valence-corrected chi connectivity index (χ3v) is 2.05. The van der Waals surface area contributed by atoms with Gasteiger partial charge in [-0.3, -0.25) is 0 Å². The highest BCUT2D eigenvalue weighted by atomic mass is 16.5. The minimum Gasteiger partial charge on any atom is -0.377 e. The molecule has 5 heteroatoms. The van der Waals surface area contributed by atoms with E-state index in [0.29, 0.717) is 12.6 Å². The van der Waals surface area contributed by atoms with Crippen LogP contribution in [-0.2, 0) is 4.74 Å². The molecule has 0 unspecified atom stereocenters. The summed E-state index contributed by atoms with van der Waals surface area (Å²) < 4.78 is 5.45. The number of aromatic nitrogens is 2. The molecule has 0 saturated heterocycles. The Hall–Kier alpha value is -1.36. The minimum atomic E-state index is 0.265. The van der Waals surface area contributed by atoms with Crippen LogP contribution >= 0.6 is 0 Å². The topological polar surface area (TPSA) is 59.1 Å². The Labute approximate surface area is 103 Å². The third-order valence-electron chi connectivity index (χ3n) is 2.05. The lowest BCUT2D eigenvalue weighted by atomic mass is 10.4. The molecule has 0 aliphatic rings. The maximum Gasteiger partial charge on any atom is 0.224 e. The molecule has 1 rings (SSSR count). The van der Waals surface area contributed by atoms with Crippen molar-refractivity contribution in [1.82, 2.24) is 9.97 Å². The highest BCUT2D eigenvalue weighted by molar-refractivity contribution is 5.41. The van der Waals surface area contributed by atoms with Crippen molar-refractivity contribution < 1.29 is 4.74 Å². The summed E-state index contributed by atoms with van der Waals surface area (Å²) in [5.41, 5.74) is 0.947. The van der Waals surface area contributed by atoms with Crippen molar-refractivity contribution in [3.05, 3.63) is 11.8 Å². The normalized spacial score (nSPS) is 10.6. The average molecular weight is 238 g/mol. The lowest BCUT2D eigenvalue weighted by molar-refractivity contribution is 0.0870. The van der Waals surface area contributed by atoms with E-state index in [2.05, 4.69) is 20.6 Å². The standard InChI is InChI=1S/C12H22N4O/c1-5-13-12-15-10(4)8-11(16-12)14-6-7-17-9(2)3/h8-9H,5-7H2,1-4H3,(H2,13,14,15,16). The molecule has 0 radical (unpaired) electrons. The van der Waals surface area contributed by atoms with Crippen LogP contribution in [0.2, 0.25) is 0 Å². The van der Waals surface area contributed by atoms with Crippen molar-refractivity contribution >= 4 is 11.8 Å². The Morgan fingerprint density at radius 1 is 1.29 bits per heavy atom. The first-order chi connectivity index (χ1) is 8.11. The van der Waals surface area contributed by atoms with Gasteiger partial charge in [-0.25, -0.2) is 4.98 Å². The van der Waals surface area contributed by atoms with Crippen LogP contribution in [0.4, 0.5) is 11.8 Å². The van der Waals surface area contributed by atoms with Crippen LogP contribution in [0.3, 0.4) is 0 Å². The predicted octanol–water partition coefficient (Wildman–Crippen LogP) is 2.05. The molecule has 5 nitrogen and oxygen atoms in total. The predicted molar refractivity (Wildman–Crippen MR) is 70.5 cm³/mol. The summed E-state index contributed by atoms with van der Waals surface area (Å²) in [6.45, 7) is 10.3. The van der Waals surface area contributed by atoms with Gasteiger partial charge >= 0.3 is 0 Å². The molecular weight excluding hydrogens is 216 g/mol. The van der Waals surface area contributed by atoms with Gasteiger partial charge in [0, 0.05) is 24.8 Å². The van der Waals surface area contributed by atoms with Gasteiger partial charge in [0.15, 0.2) is 0 Å². The number of nitrogens with zero attached hydrogens (tertiary/aromatic N) is 2. The van der Waals surface area contributed by atoms with Crippen molar-refractivity contribution in [2.75, 3.05) is 30.3 Å². The van der Waals surface area contributed by atoms with E-state index in [1.807, 2.05) is 33.8 Å². The van der Waals surface area contributed by atoms with E-state index >= 15 is 0 Å². The van der Waals surface area contributed by atoms with Crippen LogP contribution in [0.1, 0.15) is 26.5 Å². The maximum absolute atomic E-state index is 5.45.